The van der Waals surface area contributed by atoms with Gasteiger partial charge in [-0.2, -0.15) is 0 Å². The maximum atomic E-state index is 12.2. The summed E-state index contributed by atoms with van der Waals surface area (Å²) in [5.41, 5.74) is 1.81. The SMILES string of the molecule is C=C=CC(=O)NC1CCN(C(=O)OC(C)(C)C)CCC1C(=O)OC. The number of rotatable bonds is 3. The summed E-state index contributed by atoms with van der Waals surface area (Å²) in [6.45, 7) is 9.48. The van der Waals surface area contributed by atoms with E-state index in [1.165, 1.54) is 13.2 Å². The van der Waals surface area contributed by atoms with Gasteiger partial charge in [-0.15, -0.1) is 5.73 Å². The predicted molar refractivity (Wildman–Crippen MR) is 88.2 cm³/mol. The Hall–Kier alpha value is -2.27. The molecule has 1 aliphatic rings. The second kappa shape index (κ2) is 8.55. The van der Waals surface area contributed by atoms with Gasteiger partial charge in [0.15, 0.2) is 0 Å². The Morgan fingerprint density at radius 2 is 1.88 bits per heavy atom. The van der Waals surface area contributed by atoms with Crippen molar-refractivity contribution in [2.24, 2.45) is 5.92 Å². The van der Waals surface area contributed by atoms with Gasteiger partial charge < -0.3 is 19.7 Å². The summed E-state index contributed by atoms with van der Waals surface area (Å²) in [4.78, 5) is 37.6. The van der Waals surface area contributed by atoms with Gasteiger partial charge in [0.25, 0.3) is 5.91 Å². The molecule has 24 heavy (non-hydrogen) atoms. The molecule has 0 radical (unpaired) electrons. The van der Waals surface area contributed by atoms with Crippen LogP contribution < -0.4 is 5.32 Å². The van der Waals surface area contributed by atoms with E-state index in [4.69, 9.17) is 9.47 Å². The van der Waals surface area contributed by atoms with Crippen molar-refractivity contribution in [3.63, 3.8) is 0 Å². The van der Waals surface area contributed by atoms with Crippen LogP contribution in [0, 0.1) is 5.92 Å². The minimum atomic E-state index is -0.590. The van der Waals surface area contributed by atoms with E-state index in [0.29, 0.717) is 25.9 Å². The van der Waals surface area contributed by atoms with Crippen molar-refractivity contribution >= 4 is 18.0 Å². The van der Waals surface area contributed by atoms with E-state index < -0.39 is 29.6 Å². The molecule has 2 unspecified atom stereocenters. The van der Waals surface area contributed by atoms with Gasteiger partial charge in [0.1, 0.15) is 5.60 Å². The lowest BCUT2D eigenvalue weighted by Gasteiger charge is -2.26. The first kappa shape index (κ1) is 19.8. The number of amides is 2. The number of nitrogens with one attached hydrogen (secondary N) is 1. The number of nitrogens with zero attached hydrogens (tertiary/aromatic N) is 1. The molecule has 0 aromatic heterocycles. The Bertz CT molecular complexity index is 532. The zero-order chi connectivity index (χ0) is 18.3. The van der Waals surface area contributed by atoms with Crippen molar-refractivity contribution in [1.82, 2.24) is 10.2 Å². The molecule has 7 nitrogen and oxygen atoms in total. The Labute approximate surface area is 142 Å². The summed E-state index contributed by atoms with van der Waals surface area (Å²) in [7, 11) is 1.31. The van der Waals surface area contributed by atoms with E-state index in [2.05, 4.69) is 17.6 Å². The van der Waals surface area contributed by atoms with E-state index in [0.717, 1.165) is 0 Å². The third-order valence-corrected chi connectivity index (χ3v) is 3.62. The molecule has 1 saturated heterocycles. The number of carbonyl (C=O) groups excluding carboxylic acids is 3. The lowest BCUT2D eigenvalue weighted by molar-refractivity contribution is -0.146. The van der Waals surface area contributed by atoms with Crippen molar-refractivity contribution in [3.05, 3.63) is 18.4 Å². The van der Waals surface area contributed by atoms with Crippen molar-refractivity contribution in [3.8, 4) is 0 Å². The molecule has 1 aliphatic heterocycles. The number of esters is 1. The number of likely N-dealkylation sites (tertiary alicyclic amines) is 1. The minimum Gasteiger partial charge on any atom is -0.469 e. The monoisotopic (exact) mass is 338 g/mol. The van der Waals surface area contributed by atoms with E-state index in [1.54, 1.807) is 25.7 Å². The summed E-state index contributed by atoms with van der Waals surface area (Å²) in [6, 6.07) is -0.429. The number of methoxy groups -OCH3 is 1. The second-order valence-corrected chi connectivity index (χ2v) is 6.64. The Morgan fingerprint density at radius 1 is 1.25 bits per heavy atom. The van der Waals surface area contributed by atoms with Crippen LogP contribution in [0.5, 0.6) is 0 Å². The van der Waals surface area contributed by atoms with Crippen LogP contribution in [-0.4, -0.2) is 54.7 Å². The molecule has 1 N–H and O–H groups in total. The first-order valence-electron chi connectivity index (χ1n) is 7.90. The van der Waals surface area contributed by atoms with E-state index in [1.807, 2.05) is 0 Å². The summed E-state index contributed by atoms with van der Waals surface area (Å²) in [6.07, 6.45) is 1.55. The highest BCUT2D eigenvalue weighted by atomic mass is 16.6. The third-order valence-electron chi connectivity index (χ3n) is 3.62. The van der Waals surface area contributed by atoms with Crippen molar-refractivity contribution < 1.29 is 23.9 Å². The van der Waals surface area contributed by atoms with Crippen LogP contribution in [-0.2, 0) is 19.1 Å². The van der Waals surface area contributed by atoms with Gasteiger partial charge in [0.05, 0.1) is 13.0 Å². The lowest BCUT2D eigenvalue weighted by atomic mass is 9.95. The van der Waals surface area contributed by atoms with Crippen molar-refractivity contribution in [2.75, 3.05) is 20.2 Å². The number of hydrogen-bond acceptors (Lipinski definition) is 5. The third kappa shape index (κ3) is 6.08. The van der Waals surface area contributed by atoms with Crippen molar-refractivity contribution in [1.29, 1.82) is 0 Å². The molecule has 0 aromatic carbocycles. The van der Waals surface area contributed by atoms with E-state index >= 15 is 0 Å². The highest BCUT2D eigenvalue weighted by Crippen LogP contribution is 2.21. The Balaban J connectivity index is 2.85. The minimum absolute atomic E-state index is 0.359. The molecule has 1 fully saturated rings. The average Bonchev–Trinajstić information content (AvgIpc) is 2.67. The van der Waals surface area contributed by atoms with Gasteiger partial charge in [0.2, 0.25) is 0 Å². The normalized spacial score (nSPS) is 21.1. The zero-order valence-corrected chi connectivity index (χ0v) is 14.8. The van der Waals surface area contributed by atoms with Gasteiger partial charge in [0, 0.05) is 25.2 Å². The van der Waals surface area contributed by atoms with Crippen LogP contribution in [0.1, 0.15) is 33.6 Å². The van der Waals surface area contributed by atoms with Crippen LogP contribution in [0.15, 0.2) is 18.4 Å². The van der Waals surface area contributed by atoms with Gasteiger partial charge in [-0.05, 0) is 33.6 Å². The molecule has 0 saturated carbocycles. The van der Waals surface area contributed by atoms with Gasteiger partial charge in [-0.25, -0.2) is 4.79 Å². The van der Waals surface area contributed by atoms with Crippen LogP contribution >= 0.6 is 0 Å². The summed E-state index contributed by atoms with van der Waals surface area (Å²) < 4.78 is 10.2. The van der Waals surface area contributed by atoms with Crippen LogP contribution in [0.2, 0.25) is 0 Å². The van der Waals surface area contributed by atoms with Crippen molar-refractivity contribution in [2.45, 2.75) is 45.3 Å². The quantitative estimate of drug-likeness (QED) is 0.480. The highest BCUT2D eigenvalue weighted by Gasteiger charge is 2.35. The molecule has 0 aromatic rings. The van der Waals surface area contributed by atoms with Gasteiger partial charge in [-0.1, -0.05) is 6.58 Å². The fourth-order valence-electron chi connectivity index (χ4n) is 2.54. The zero-order valence-electron chi connectivity index (χ0n) is 14.8. The molecule has 134 valence electrons. The lowest BCUT2D eigenvalue weighted by Crippen LogP contribution is -2.43. The molecule has 0 bridgehead atoms. The maximum Gasteiger partial charge on any atom is 0.410 e. The Kier molecular flexibility index (Phi) is 7.04. The first-order valence-corrected chi connectivity index (χ1v) is 7.90. The fraction of sp³-hybridized carbons (Fsp3) is 0.647. The molecule has 0 aliphatic carbocycles. The molecule has 7 heteroatoms. The largest absolute Gasteiger partial charge is 0.469 e. The molecule has 2 amide bonds. The number of ether oxygens (including phenoxy) is 2. The van der Waals surface area contributed by atoms with Gasteiger partial charge in [-0.3, -0.25) is 9.59 Å². The van der Waals surface area contributed by atoms with E-state index in [-0.39, 0.29) is 5.91 Å². The molecular weight excluding hydrogens is 312 g/mol. The predicted octanol–water partition coefficient (Wildman–Crippen LogP) is 1.63. The molecule has 0 spiro atoms. The smallest absolute Gasteiger partial charge is 0.410 e. The highest BCUT2D eigenvalue weighted by molar-refractivity contribution is 5.88. The topological polar surface area (TPSA) is 84.9 Å². The van der Waals surface area contributed by atoms with E-state index in [9.17, 15) is 14.4 Å². The second-order valence-electron chi connectivity index (χ2n) is 6.64. The Morgan fingerprint density at radius 3 is 2.42 bits per heavy atom. The molecule has 2 atom stereocenters. The summed E-state index contributed by atoms with van der Waals surface area (Å²) in [5, 5.41) is 2.76. The van der Waals surface area contributed by atoms with Crippen LogP contribution in [0.4, 0.5) is 4.79 Å². The summed E-state index contributed by atoms with van der Waals surface area (Å²) in [5.74, 6) is -1.31. The number of hydrogen-bond donors (Lipinski definition) is 1. The van der Waals surface area contributed by atoms with Crippen LogP contribution in [0.25, 0.3) is 0 Å². The molecule has 1 heterocycles. The standard InChI is InChI=1S/C17H26N2O5/c1-6-7-14(20)18-13-9-11-19(16(22)24-17(2,3)4)10-8-12(13)15(21)23-5/h7,12-13H,1,8-11H2,2-5H3,(H,18,20). The average molecular weight is 338 g/mol. The summed E-state index contributed by atoms with van der Waals surface area (Å²) >= 11 is 0. The first-order chi connectivity index (χ1) is 11.2. The fourth-order valence-corrected chi connectivity index (χ4v) is 2.54. The number of carbonyl (C=O) groups is 3. The maximum absolute atomic E-state index is 12.2. The van der Waals surface area contributed by atoms with Gasteiger partial charge >= 0.3 is 12.1 Å². The molecule has 1 rings (SSSR count). The van der Waals surface area contributed by atoms with Crippen LogP contribution in [0.3, 0.4) is 0 Å². The molecular formula is C17H26N2O5.